The molecule has 1 heterocycles. The van der Waals surface area contributed by atoms with E-state index in [1.165, 1.54) is 14.0 Å². The Kier molecular flexibility index (Phi) is 5.13. The highest BCUT2D eigenvalue weighted by atomic mass is 16.5. The van der Waals surface area contributed by atoms with Gasteiger partial charge in [-0.15, -0.1) is 0 Å². The van der Waals surface area contributed by atoms with Gasteiger partial charge in [-0.25, -0.2) is 0 Å². The van der Waals surface area contributed by atoms with E-state index >= 15 is 0 Å². The number of nitrogens with zero attached hydrogens (tertiary/aromatic N) is 2. The second-order valence-electron chi connectivity index (χ2n) is 6.37. The summed E-state index contributed by atoms with van der Waals surface area (Å²) in [6, 6.07) is 12.2. The first kappa shape index (κ1) is 18.5. The Morgan fingerprint density at radius 2 is 1.96 bits per heavy atom. The Balaban J connectivity index is 1.79. The number of fused-ring (bicyclic) bond motifs is 1. The van der Waals surface area contributed by atoms with Gasteiger partial charge in [0.15, 0.2) is 17.6 Å². The molecule has 2 aromatic rings. The number of carbonyl (C=O) groups is 2. The van der Waals surface area contributed by atoms with Crippen LogP contribution in [0.5, 0.6) is 11.5 Å². The molecule has 0 saturated heterocycles. The third kappa shape index (κ3) is 3.63. The number of Topliss-reactive ketones (excluding diaryl/α,β-unsaturated/α-hetero) is 1. The molecule has 0 saturated carbocycles. The predicted octanol–water partition coefficient (Wildman–Crippen LogP) is 3.13. The van der Waals surface area contributed by atoms with E-state index in [0.29, 0.717) is 29.2 Å². The van der Waals surface area contributed by atoms with Gasteiger partial charge in [-0.05, 0) is 49.2 Å². The van der Waals surface area contributed by atoms with Crippen LogP contribution in [0.1, 0.15) is 35.3 Å². The zero-order valence-electron chi connectivity index (χ0n) is 15.5. The van der Waals surface area contributed by atoms with Crippen molar-refractivity contribution in [3.05, 3.63) is 53.1 Å². The summed E-state index contributed by atoms with van der Waals surface area (Å²) in [5.41, 5.74) is 2.84. The smallest absolute Gasteiger partial charge is 0.223 e. The molecule has 2 aromatic carbocycles. The number of ether oxygens (including phenoxy) is 2. The summed E-state index contributed by atoms with van der Waals surface area (Å²) in [7, 11) is 1.48. The van der Waals surface area contributed by atoms with Gasteiger partial charge in [-0.2, -0.15) is 5.26 Å². The van der Waals surface area contributed by atoms with E-state index in [9.17, 15) is 9.59 Å². The van der Waals surface area contributed by atoms with Crippen molar-refractivity contribution in [2.45, 2.75) is 26.4 Å². The number of rotatable bonds is 5. The summed E-state index contributed by atoms with van der Waals surface area (Å²) < 4.78 is 11.0. The van der Waals surface area contributed by atoms with Gasteiger partial charge < -0.3 is 14.4 Å². The fraction of sp³-hybridized carbons (Fsp3) is 0.286. The second kappa shape index (κ2) is 7.50. The molecule has 1 atom stereocenters. The van der Waals surface area contributed by atoms with Crippen molar-refractivity contribution < 1.29 is 19.1 Å². The Morgan fingerprint density at radius 3 is 2.63 bits per heavy atom. The summed E-state index contributed by atoms with van der Waals surface area (Å²) >= 11 is 0. The van der Waals surface area contributed by atoms with Gasteiger partial charge in [0.25, 0.3) is 0 Å². The molecule has 0 spiro atoms. The average molecular weight is 364 g/mol. The Hall–Kier alpha value is -3.33. The first-order valence-corrected chi connectivity index (χ1v) is 8.64. The maximum absolute atomic E-state index is 12.8. The van der Waals surface area contributed by atoms with E-state index < -0.39 is 6.10 Å². The minimum Gasteiger partial charge on any atom is -0.493 e. The topological polar surface area (TPSA) is 79.6 Å². The first-order valence-electron chi connectivity index (χ1n) is 8.64. The molecule has 6 nitrogen and oxygen atoms in total. The highest BCUT2D eigenvalue weighted by Gasteiger charge is 2.25. The number of ketones is 1. The number of hydrogen-bond acceptors (Lipinski definition) is 5. The molecule has 0 fully saturated rings. The maximum Gasteiger partial charge on any atom is 0.223 e. The van der Waals surface area contributed by atoms with Gasteiger partial charge in [0.1, 0.15) is 0 Å². The van der Waals surface area contributed by atoms with Gasteiger partial charge in [0, 0.05) is 30.8 Å². The summed E-state index contributed by atoms with van der Waals surface area (Å²) in [4.78, 5) is 26.2. The quantitative estimate of drug-likeness (QED) is 0.762. The van der Waals surface area contributed by atoms with Crippen molar-refractivity contribution in [2.75, 3.05) is 18.6 Å². The fourth-order valence-corrected chi connectivity index (χ4v) is 3.20. The lowest BCUT2D eigenvalue weighted by Gasteiger charge is -2.17. The summed E-state index contributed by atoms with van der Waals surface area (Å²) in [5.74, 6) is 0.643. The number of amides is 1. The minimum absolute atomic E-state index is 0.00237. The lowest BCUT2D eigenvalue weighted by molar-refractivity contribution is -0.116. The maximum atomic E-state index is 12.8. The Morgan fingerprint density at radius 1 is 1.19 bits per heavy atom. The molecule has 27 heavy (non-hydrogen) atoms. The van der Waals surface area contributed by atoms with Crippen molar-refractivity contribution in [2.24, 2.45) is 0 Å². The van der Waals surface area contributed by atoms with E-state index in [0.717, 1.165) is 17.7 Å². The van der Waals surface area contributed by atoms with Gasteiger partial charge in [-0.1, -0.05) is 0 Å². The van der Waals surface area contributed by atoms with Crippen molar-refractivity contribution in [1.29, 1.82) is 5.26 Å². The van der Waals surface area contributed by atoms with Gasteiger partial charge >= 0.3 is 0 Å². The molecule has 6 heteroatoms. The van der Waals surface area contributed by atoms with Crippen molar-refractivity contribution in [3.63, 3.8) is 0 Å². The highest BCUT2D eigenvalue weighted by Crippen LogP contribution is 2.31. The zero-order chi connectivity index (χ0) is 19.6. The molecule has 3 rings (SSSR count). The summed E-state index contributed by atoms with van der Waals surface area (Å²) in [6.45, 7) is 3.85. The minimum atomic E-state index is -0.727. The number of hydrogen-bond donors (Lipinski definition) is 0. The normalized spacial score (nSPS) is 13.5. The van der Waals surface area contributed by atoms with E-state index in [2.05, 4.69) is 0 Å². The van der Waals surface area contributed by atoms with E-state index in [4.69, 9.17) is 14.7 Å². The molecule has 1 aliphatic heterocycles. The molecule has 1 amide bonds. The standard InChI is InChI=1S/C21H20N2O4/c1-13(27-19-7-4-15(12-22)10-20(19)26-3)21(25)17-5-6-18-16(11-17)8-9-23(18)14(2)24/h4-7,10-11,13H,8-9H2,1-3H3. The molecule has 1 unspecified atom stereocenters. The van der Waals surface area contributed by atoms with Crippen LogP contribution in [-0.2, 0) is 11.2 Å². The van der Waals surface area contributed by atoms with Gasteiger partial charge in [-0.3, -0.25) is 9.59 Å². The first-order chi connectivity index (χ1) is 12.9. The summed E-state index contributed by atoms with van der Waals surface area (Å²) in [5, 5.41) is 8.97. The van der Waals surface area contributed by atoms with Crippen LogP contribution >= 0.6 is 0 Å². The van der Waals surface area contributed by atoms with Crippen LogP contribution in [0.15, 0.2) is 36.4 Å². The van der Waals surface area contributed by atoms with Crippen LogP contribution in [0, 0.1) is 11.3 Å². The molecule has 0 bridgehead atoms. The molecular weight excluding hydrogens is 344 g/mol. The number of benzene rings is 2. The molecule has 0 N–H and O–H groups in total. The largest absolute Gasteiger partial charge is 0.493 e. The molecule has 1 aliphatic rings. The number of carbonyl (C=O) groups excluding carboxylic acids is 2. The van der Waals surface area contributed by atoms with Gasteiger partial charge in [0.2, 0.25) is 11.7 Å². The van der Waals surface area contributed by atoms with Crippen LogP contribution in [0.2, 0.25) is 0 Å². The molecule has 0 aliphatic carbocycles. The number of nitriles is 1. The molecular formula is C21H20N2O4. The molecule has 138 valence electrons. The van der Waals surface area contributed by atoms with Crippen molar-refractivity contribution >= 4 is 17.4 Å². The van der Waals surface area contributed by atoms with Crippen LogP contribution in [0.4, 0.5) is 5.69 Å². The predicted molar refractivity (Wildman–Crippen MR) is 100 cm³/mol. The average Bonchev–Trinajstić information content (AvgIpc) is 3.11. The van der Waals surface area contributed by atoms with Crippen LogP contribution in [0.25, 0.3) is 0 Å². The Labute approximate surface area is 157 Å². The molecule has 0 aromatic heterocycles. The van der Waals surface area contributed by atoms with Gasteiger partial charge in [0.05, 0.1) is 18.7 Å². The fourth-order valence-electron chi connectivity index (χ4n) is 3.20. The monoisotopic (exact) mass is 364 g/mol. The summed E-state index contributed by atoms with van der Waals surface area (Å²) in [6.07, 6.45) is 0.00420. The second-order valence-corrected chi connectivity index (χ2v) is 6.37. The number of methoxy groups -OCH3 is 1. The van der Waals surface area contributed by atoms with E-state index in [-0.39, 0.29) is 11.7 Å². The van der Waals surface area contributed by atoms with Crippen molar-refractivity contribution in [3.8, 4) is 17.6 Å². The van der Waals surface area contributed by atoms with Crippen molar-refractivity contribution in [1.82, 2.24) is 0 Å². The Bertz CT molecular complexity index is 946. The third-order valence-corrected chi connectivity index (χ3v) is 4.61. The van der Waals surface area contributed by atoms with Crippen LogP contribution < -0.4 is 14.4 Å². The molecule has 0 radical (unpaired) electrons. The lowest BCUT2D eigenvalue weighted by atomic mass is 10.0. The highest BCUT2D eigenvalue weighted by molar-refractivity contribution is 6.01. The number of anilines is 1. The SMILES string of the molecule is COc1cc(C#N)ccc1OC(C)C(=O)c1ccc2c(c1)CCN2C(C)=O. The van der Waals surface area contributed by atoms with Crippen LogP contribution in [-0.4, -0.2) is 31.4 Å². The van der Waals surface area contributed by atoms with Crippen LogP contribution in [0.3, 0.4) is 0 Å². The van der Waals surface area contributed by atoms with E-state index in [1.807, 2.05) is 18.2 Å². The van der Waals surface area contributed by atoms with E-state index in [1.54, 1.807) is 36.1 Å². The third-order valence-electron chi connectivity index (χ3n) is 4.61. The lowest BCUT2D eigenvalue weighted by Crippen LogP contribution is -2.26. The zero-order valence-corrected chi connectivity index (χ0v) is 15.5.